The Bertz CT molecular complexity index is 5050. The molecule has 5 heterocycles. The number of hydrogen-bond donors (Lipinski definition) is 0. The molecule has 0 unspecified atom stereocenters. The van der Waals surface area contributed by atoms with Crippen molar-refractivity contribution >= 4 is 114 Å². The SMILES string of the molecule is c1ccc(-c2cccc(-c3ccccc3)c2N2c3cc4c(cc3B3c5ccccc5Oc5cc(N(c6ccccc6)c6ccccc6)cc2c53)B2c3ccccc3Oc3cc(N(c5ccccc5)c5ccccc5-c5ccccn5)cc(c32)N4c2ccccc2)cc1. The number of benzene rings is 13. The van der Waals surface area contributed by atoms with E-state index in [0.29, 0.717) is 0 Å². The highest BCUT2D eigenvalue weighted by atomic mass is 16.5. The van der Waals surface area contributed by atoms with Crippen molar-refractivity contribution in [3.05, 3.63) is 334 Å². The molecule has 0 saturated heterocycles. The number of pyridine rings is 1. The molecular weight excluding hydrogens is 1120 g/mol. The van der Waals surface area contributed by atoms with E-state index in [1.807, 2.05) is 12.3 Å². The number of ether oxygens (including phenoxy) is 2. The van der Waals surface area contributed by atoms with E-state index in [2.05, 4.69) is 341 Å². The molecule has 9 heteroatoms. The Morgan fingerprint density at radius 2 is 0.728 bits per heavy atom. The van der Waals surface area contributed by atoms with Gasteiger partial charge in [-0.1, -0.05) is 218 Å². The lowest BCUT2D eigenvalue weighted by Crippen LogP contribution is -2.63. The van der Waals surface area contributed by atoms with Gasteiger partial charge in [0, 0.05) is 80.5 Å². The number of nitrogens with zero attached hydrogens (tertiary/aromatic N) is 5. The quantitative estimate of drug-likeness (QED) is 0.120. The summed E-state index contributed by atoms with van der Waals surface area (Å²) in [4.78, 5) is 14.7. The van der Waals surface area contributed by atoms with Gasteiger partial charge in [0.15, 0.2) is 0 Å². The highest BCUT2D eigenvalue weighted by Gasteiger charge is 2.48. The Balaban J connectivity index is 0.967. The smallest absolute Gasteiger partial charge is 0.256 e. The molecule has 0 fully saturated rings. The molecule has 0 N–H and O–H groups in total. The van der Waals surface area contributed by atoms with Gasteiger partial charge in [-0.25, -0.2) is 0 Å². The third-order valence-electron chi connectivity index (χ3n) is 18.5. The summed E-state index contributed by atoms with van der Waals surface area (Å²) in [5, 5.41) is 0. The average molecular weight is 1180 g/mol. The third-order valence-corrected chi connectivity index (χ3v) is 18.5. The number of hydrogen-bond acceptors (Lipinski definition) is 7. The largest absolute Gasteiger partial charge is 0.458 e. The van der Waals surface area contributed by atoms with Crippen LogP contribution in [0.3, 0.4) is 0 Å². The molecular formula is C83H55B2N5O2. The molecule has 18 rings (SSSR count). The zero-order valence-electron chi connectivity index (χ0n) is 50.0. The maximum Gasteiger partial charge on any atom is 0.256 e. The van der Waals surface area contributed by atoms with Gasteiger partial charge in [-0.05, 0) is 141 Å². The van der Waals surface area contributed by atoms with Crippen LogP contribution in [0.4, 0.5) is 68.2 Å². The first-order valence-corrected chi connectivity index (χ1v) is 31.4. The van der Waals surface area contributed by atoms with Gasteiger partial charge in [-0.3, -0.25) is 4.98 Å². The zero-order chi connectivity index (χ0) is 60.6. The summed E-state index contributed by atoms with van der Waals surface area (Å²) in [5.41, 5.74) is 25.3. The van der Waals surface area contributed by atoms with Gasteiger partial charge >= 0.3 is 0 Å². The van der Waals surface area contributed by atoms with Crippen LogP contribution in [-0.2, 0) is 0 Å². The van der Waals surface area contributed by atoms with Gasteiger partial charge in [-0.2, -0.15) is 0 Å². The van der Waals surface area contributed by atoms with Crippen LogP contribution in [0.25, 0.3) is 33.5 Å². The Hall–Kier alpha value is -12.1. The van der Waals surface area contributed by atoms with Crippen LogP contribution < -0.4 is 61.9 Å². The van der Waals surface area contributed by atoms with Crippen LogP contribution in [0, 0.1) is 0 Å². The molecule has 4 aliphatic rings. The van der Waals surface area contributed by atoms with E-state index in [-0.39, 0.29) is 13.4 Å². The van der Waals surface area contributed by atoms with Crippen molar-refractivity contribution in [2.24, 2.45) is 0 Å². The number of para-hydroxylation sites is 8. The molecule has 14 aromatic rings. The van der Waals surface area contributed by atoms with Crippen LogP contribution >= 0.6 is 0 Å². The zero-order valence-corrected chi connectivity index (χ0v) is 50.0. The van der Waals surface area contributed by atoms with Gasteiger partial charge in [0.1, 0.15) is 23.0 Å². The van der Waals surface area contributed by atoms with E-state index >= 15 is 0 Å². The van der Waals surface area contributed by atoms with Crippen molar-refractivity contribution in [2.75, 3.05) is 19.6 Å². The molecule has 0 amide bonds. The first-order chi connectivity index (χ1) is 45.7. The van der Waals surface area contributed by atoms with Crippen molar-refractivity contribution in [3.63, 3.8) is 0 Å². The van der Waals surface area contributed by atoms with E-state index in [9.17, 15) is 0 Å². The van der Waals surface area contributed by atoms with E-state index in [4.69, 9.17) is 14.5 Å². The minimum Gasteiger partial charge on any atom is -0.458 e. The molecule has 0 bridgehead atoms. The standard InChI is InChI=1S/C83H55B2N5O2/c1-7-28-56(29-8-1)64-41-27-42-65(57-30-9-2-10-31-57)83(64)90-74-55-73-69(54-70(74)85-68-44-21-24-48-78(68)91-79-52-62(50-76(90)82(79)85)87(58-32-11-3-12-33-58)59-34-13-4-14-35-59)84-67-43-20-23-47-77(67)92-80-53-63(51-75(81(80)84)89(73)61-38-17-6-18-39-61)88(60-36-15-5-16-37-60)72-46-22-19-40-66(72)71-45-25-26-49-86-71/h1-55H. The molecule has 13 aromatic carbocycles. The summed E-state index contributed by atoms with van der Waals surface area (Å²) in [7, 11) is 0. The van der Waals surface area contributed by atoms with Crippen LogP contribution in [0.2, 0.25) is 0 Å². The van der Waals surface area contributed by atoms with Crippen molar-refractivity contribution in [3.8, 4) is 56.5 Å². The van der Waals surface area contributed by atoms with Crippen LogP contribution in [0.15, 0.2) is 334 Å². The summed E-state index contributed by atoms with van der Waals surface area (Å²) in [6, 6.07) is 118. The minimum absolute atomic E-state index is 0.237. The number of aromatic nitrogens is 1. The molecule has 0 radical (unpaired) electrons. The minimum atomic E-state index is -0.247. The fourth-order valence-electron chi connectivity index (χ4n) is 14.7. The van der Waals surface area contributed by atoms with Crippen molar-refractivity contribution < 1.29 is 9.47 Å². The van der Waals surface area contributed by atoms with E-state index in [0.717, 1.165) is 147 Å². The molecule has 7 nitrogen and oxygen atoms in total. The predicted octanol–water partition coefficient (Wildman–Crippen LogP) is 17.8. The fourth-order valence-corrected chi connectivity index (χ4v) is 14.7. The second-order valence-electron chi connectivity index (χ2n) is 23.7. The van der Waals surface area contributed by atoms with Crippen molar-refractivity contribution in [2.45, 2.75) is 0 Å². The summed E-state index contributed by atoms with van der Waals surface area (Å²) in [6.45, 7) is -0.484. The Morgan fingerprint density at radius 3 is 1.27 bits per heavy atom. The summed E-state index contributed by atoms with van der Waals surface area (Å²) < 4.78 is 14.8. The molecule has 4 aliphatic heterocycles. The first-order valence-electron chi connectivity index (χ1n) is 31.4. The monoisotopic (exact) mass is 1180 g/mol. The second-order valence-corrected chi connectivity index (χ2v) is 23.7. The van der Waals surface area contributed by atoms with Crippen LogP contribution in [0.1, 0.15) is 0 Å². The molecule has 0 atom stereocenters. The van der Waals surface area contributed by atoms with Gasteiger partial charge in [0.2, 0.25) is 0 Å². The van der Waals surface area contributed by atoms with Crippen molar-refractivity contribution in [1.82, 2.24) is 4.98 Å². The molecule has 92 heavy (non-hydrogen) atoms. The normalized spacial score (nSPS) is 12.7. The maximum atomic E-state index is 7.40. The Kier molecular flexibility index (Phi) is 12.6. The fraction of sp³-hybridized carbons (Fsp3) is 0. The summed E-state index contributed by atoms with van der Waals surface area (Å²) >= 11 is 0. The lowest BCUT2D eigenvalue weighted by Gasteiger charge is -2.45. The Morgan fingerprint density at radius 1 is 0.293 bits per heavy atom. The van der Waals surface area contributed by atoms with E-state index < -0.39 is 0 Å². The lowest BCUT2D eigenvalue weighted by molar-refractivity contribution is 0.487. The number of rotatable bonds is 11. The second kappa shape index (κ2) is 21.9. The molecule has 1 aromatic heterocycles. The lowest BCUT2D eigenvalue weighted by atomic mass is 9.31. The molecule has 0 aliphatic carbocycles. The molecule has 0 spiro atoms. The molecule has 0 saturated carbocycles. The van der Waals surface area contributed by atoms with Gasteiger partial charge in [-0.15, -0.1) is 0 Å². The predicted molar refractivity (Wildman–Crippen MR) is 382 cm³/mol. The topological polar surface area (TPSA) is 44.3 Å². The van der Waals surface area contributed by atoms with Gasteiger partial charge in [0.25, 0.3) is 13.4 Å². The van der Waals surface area contributed by atoms with Gasteiger partial charge < -0.3 is 29.1 Å². The average Bonchev–Trinajstić information content (AvgIpc) is 0.691. The maximum absolute atomic E-state index is 7.40. The summed E-state index contributed by atoms with van der Waals surface area (Å²) in [5.74, 6) is 3.26. The van der Waals surface area contributed by atoms with Crippen LogP contribution in [-0.4, -0.2) is 18.4 Å². The number of fused-ring (bicyclic) bond motifs is 8. The third kappa shape index (κ3) is 8.65. The van der Waals surface area contributed by atoms with Gasteiger partial charge in [0.05, 0.1) is 28.4 Å². The first kappa shape index (κ1) is 53.0. The highest BCUT2D eigenvalue weighted by molar-refractivity contribution is 7.02. The Labute approximate surface area is 535 Å². The van der Waals surface area contributed by atoms with Crippen molar-refractivity contribution in [1.29, 1.82) is 0 Å². The highest BCUT2D eigenvalue weighted by Crippen LogP contribution is 2.54. The van der Waals surface area contributed by atoms with E-state index in [1.165, 1.54) is 10.9 Å². The number of anilines is 12. The van der Waals surface area contributed by atoms with Crippen LogP contribution in [0.5, 0.6) is 23.0 Å². The summed E-state index contributed by atoms with van der Waals surface area (Å²) in [6.07, 6.45) is 1.87. The van der Waals surface area contributed by atoms with E-state index in [1.54, 1.807) is 0 Å². The molecule has 430 valence electrons.